The van der Waals surface area contributed by atoms with Crippen molar-refractivity contribution in [3.05, 3.63) is 29.6 Å². The standard InChI is InChI=1S/C11H16FNO2/c12-10-5-9(8-13)6-11(7-10)15-4-2-1-3-14/h5-7,14H,1-4,8,13H2. The van der Waals surface area contributed by atoms with E-state index in [4.69, 9.17) is 15.6 Å². The molecule has 0 aliphatic carbocycles. The molecule has 1 rings (SSSR count). The van der Waals surface area contributed by atoms with E-state index >= 15 is 0 Å². The molecule has 0 radical (unpaired) electrons. The van der Waals surface area contributed by atoms with Crippen LogP contribution in [0.5, 0.6) is 5.75 Å². The van der Waals surface area contributed by atoms with Gasteiger partial charge >= 0.3 is 0 Å². The van der Waals surface area contributed by atoms with Crippen molar-refractivity contribution in [1.82, 2.24) is 0 Å². The molecule has 0 spiro atoms. The van der Waals surface area contributed by atoms with E-state index in [1.807, 2.05) is 0 Å². The van der Waals surface area contributed by atoms with Crippen LogP contribution in [0.4, 0.5) is 4.39 Å². The molecule has 0 unspecified atom stereocenters. The third-order valence-corrected chi connectivity index (χ3v) is 1.99. The molecule has 4 heteroatoms. The maximum atomic E-state index is 13.0. The Bertz CT molecular complexity index is 305. The molecule has 0 heterocycles. The Hall–Kier alpha value is -1.13. The highest BCUT2D eigenvalue weighted by Crippen LogP contribution is 2.16. The number of nitrogens with two attached hydrogens (primary N) is 1. The van der Waals surface area contributed by atoms with Gasteiger partial charge in [-0.1, -0.05) is 0 Å². The molecule has 84 valence electrons. The lowest BCUT2D eigenvalue weighted by molar-refractivity contribution is 0.252. The zero-order chi connectivity index (χ0) is 11.1. The number of ether oxygens (including phenoxy) is 1. The molecule has 3 N–H and O–H groups in total. The molecule has 3 nitrogen and oxygen atoms in total. The van der Waals surface area contributed by atoms with Gasteiger partial charge in [0.15, 0.2) is 0 Å². The van der Waals surface area contributed by atoms with Crippen molar-refractivity contribution in [1.29, 1.82) is 0 Å². The van der Waals surface area contributed by atoms with Crippen molar-refractivity contribution in [2.45, 2.75) is 19.4 Å². The Balaban J connectivity index is 2.49. The summed E-state index contributed by atoms with van der Waals surface area (Å²) >= 11 is 0. The Kier molecular flexibility index (Phi) is 5.07. The van der Waals surface area contributed by atoms with Gasteiger partial charge in [0, 0.05) is 19.2 Å². The van der Waals surface area contributed by atoms with Gasteiger partial charge in [-0.15, -0.1) is 0 Å². The normalized spacial score (nSPS) is 10.3. The minimum atomic E-state index is -0.338. The molecular formula is C11H16FNO2. The zero-order valence-corrected chi connectivity index (χ0v) is 8.58. The van der Waals surface area contributed by atoms with Crippen LogP contribution in [-0.4, -0.2) is 18.3 Å². The van der Waals surface area contributed by atoms with E-state index in [0.29, 0.717) is 30.9 Å². The maximum Gasteiger partial charge on any atom is 0.127 e. The fraction of sp³-hybridized carbons (Fsp3) is 0.455. The van der Waals surface area contributed by atoms with Gasteiger partial charge in [0.1, 0.15) is 11.6 Å². The van der Waals surface area contributed by atoms with Crippen LogP contribution in [0.2, 0.25) is 0 Å². The molecule has 15 heavy (non-hydrogen) atoms. The average Bonchev–Trinajstić information content (AvgIpc) is 2.23. The van der Waals surface area contributed by atoms with Crippen LogP contribution in [0.1, 0.15) is 18.4 Å². The van der Waals surface area contributed by atoms with Crippen LogP contribution in [0.25, 0.3) is 0 Å². The van der Waals surface area contributed by atoms with Crippen LogP contribution >= 0.6 is 0 Å². The number of halogens is 1. The lowest BCUT2D eigenvalue weighted by atomic mass is 10.2. The van der Waals surface area contributed by atoms with Gasteiger partial charge in [0.2, 0.25) is 0 Å². The van der Waals surface area contributed by atoms with Crippen LogP contribution in [0, 0.1) is 5.82 Å². The van der Waals surface area contributed by atoms with Gasteiger partial charge in [-0.2, -0.15) is 0 Å². The fourth-order valence-corrected chi connectivity index (χ4v) is 1.23. The molecule has 0 amide bonds. The minimum absolute atomic E-state index is 0.153. The van der Waals surface area contributed by atoms with E-state index in [2.05, 4.69) is 0 Å². The van der Waals surface area contributed by atoms with E-state index in [-0.39, 0.29) is 12.4 Å². The monoisotopic (exact) mass is 213 g/mol. The van der Waals surface area contributed by atoms with Gasteiger partial charge in [0.25, 0.3) is 0 Å². The lowest BCUT2D eigenvalue weighted by Crippen LogP contribution is -2.01. The van der Waals surface area contributed by atoms with E-state index in [9.17, 15) is 4.39 Å². The Morgan fingerprint density at radius 3 is 2.73 bits per heavy atom. The summed E-state index contributed by atoms with van der Waals surface area (Å²) in [6.45, 7) is 0.930. The topological polar surface area (TPSA) is 55.5 Å². The second-order valence-corrected chi connectivity index (χ2v) is 3.28. The second-order valence-electron chi connectivity index (χ2n) is 3.28. The number of aliphatic hydroxyl groups excluding tert-OH is 1. The van der Waals surface area contributed by atoms with Crippen molar-refractivity contribution >= 4 is 0 Å². The van der Waals surface area contributed by atoms with E-state index in [0.717, 1.165) is 6.42 Å². The van der Waals surface area contributed by atoms with Gasteiger partial charge in [-0.05, 0) is 30.5 Å². The Labute approximate surface area is 88.7 Å². The van der Waals surface area contributed by atoms with Crippen LogP contribution in [-0.2, 0) is 6.54 Å². The molecule has 0 fully saturated rings. The maximum absolute atomic E-state index is 13.0. The highest BCUT2D eigenvalue weighted by Gasteiger charge is 2.00. The first kappa shape index (κ1) is 11.9. The number of aliphatic hydroxyl groups is 1. The molecule has 1 aromatic carbocycles. The van der Waals surface area contributed by atoms with Crippen LogP contribution in [0.3, 0.4) is 0 Å². The summed E-state index contributed by atoms with van der Waals surface area (Å²) in [6, 6.07) is 4.45. The van der Waals surface area contributed by atoms with Crippen molar-refractivity contribution in [3.63, 3.8) is 0 Å². The van der Waals surface area contributed by atoms with Crippen molar-refractivity contribution in [3.8, 4) is 5.75 Å². The van der Waals surface area contributed by atoms with Crippen LogP contribution in [0.15, 0.2) is 18.2 Å². The fourth-order valence-electron chi connectivity index (χ4n) is 1.23. The first-order valence-corrected chi connectivity index (χ1v) is 4.99. The number of rotatable bonds is 6. The highest BCUT2D eigenvalue weighted by molar-refractivity contribution is 5.29. The van der Waals surface area contributed by atoms with Gasteiger partial charge in [-0.3, -0.25) is 0 Å². The molecule has 0 atom stereocenters. The number of unbranched alkanes of at least 4 members (excludes halogenated alkanes) is 1. The number of benzene rings is 1. The highest BCUT2D eigenvalue weighted by atomic mass is 19.1. The quantitative estimate of drug-likeness (QED) is 0.703. The zero-order valence-electron chi connectivity index (χ0n) is 8.58. The molecule has 0 aliphatic heterocycles. The summed E-state index contributed by atoms with van der Waals surface area (Å²) < 4.78 is 18.3. The molecular weight excluding hydrogens is 197 g/mol. The Morgan fingerprint density at radius 1 is 1.27 bits per heavy atom. The third-order valence-electron chi connectivity index (χ3n) is 1.99. The van der Waals surface area contributed by atoms with Gasteiger partial charge in [-0.25, -0.2) is 4.39 Å². The minimum Gasteiger partial charge on any atom is -0.493 e. The smallest absolute Gasteiger partial charge is 0.127 e. The average molecular weight is 213 g/mol. The van der Waals surface area contributed by atoms with Gasteiger partial charge in [0.05, 0.1) is 6.61 Å². The third kappa shape index (κ3) is 4.27. The molecule has 1 aromatic rings. The van der Waals surface area contributed by atoms with Crippen molar-refractivity contribution in [2.24, 2.45) is 5.73 Å². The second kappa shape index (κ2) is 6.37. The lowest BCUT2D eigenvalue weighted by Gasteiger charge is -2.07. The summed E-state index contributed by atoms with van der Waals surface area (Å²) in [4.78, 5) is 0. The summed E-state index contributed by atoms with van der Waals surface area (Å²) in [5.41, 5.74) is 6.12. The van der Waals surface area contributed by atoms with Crippen molar-refractivity contribution in [2.75, 3.05) is 13.2 Å². The van der Waals surface area contributed by atoms with Crippen molar-refractivity contribution < 1.29 is 14.2 Å². The largest absolute Gasteiger partial charge is 0.493 e. The SMILES string of the molecule is NCc1cc(F)cc(OCCCCO)c1. The summed E-state index contributed by atoms with van der Waals surface area (Å²) in [5.74, 6) is 0.156. The predicted molar refractivity (Wildman–Crippen MR) is 56.1 cm³/mol. The molecule has 0 saturated carbocycles. The van der Waals surface area contributed by atoms with E-state index in [1.165, 1.54) is 12.1 Å². The first-order valence-electron chi connectivity index (χ1n) is 4.99. The molecule has 0 aromatic heterocycles. The number of hydrogen-bond donors (Lipinski definition) is 2. The predicted octanol–water partition coefficient (Wildman–Crippen LogP) is 1.44. The Morgan fingerprint density at radius 2 is 2.07 bits per heavy atom. The molecule has 0 bridgehead atoms. The summed E-state index contributed by atoms with van der Waals surface area (Å²) in [6.07, 6.45) is 1.45. The van der Waals surface area contributed by atoms with E-state index < -0.39 is 0 Å². The summed E-state index contributed by atoms with van der Waals surface area (Å²) in [7, 11) is 0. The molecule has 0 saturated heterocycles. The first-order chi connectivity index (χ1) is 7.26. The molecule has 0 aliphatic rings. The van der Waals surface area contributed by atoms with Gasteiger partial charge < -0.3 is 15.6 Å². The summed E-state index contributed by atoms with van der Waals surface area (Å²) in [5, 5.41) is 8.56. The van der Waals surface area contributed by atoms with Crippen LogP contribution < -0.4 is 10.5 Å². The van der Waals surface area contributed by atoms with E-state index in [1.54, 1.807) is 6.07 Å². The number of hydrogen-bond acceptors (Lipinski definition) is 3.